The molecule has 0 radical (unpaired) electrons. The Bertz CT molecular complexity index is 2510. The SMILES string of the molecule is CCO.Cc1cnc(SCC(=O)Cc2ccc(S(N)(=O)=O)cc2Cl)n1-c1ccc(N(C)C)c2c1CCCC2.Cc1cnc(SCC(=O)O)n1-c1ccc(N(C)C)c2c1CCCC2.[Na+].[OH-]. The summed E-state index contributed by atoms with van der Waals surface area (Å²) in [4.78, 5) is 37.0. The third-order valence-electron chi connectivity index (χ3n) is 10.7. The minimum atomic E-state index is -3.85. The fraction of sp³-hybridized carbons (Fsp3) is 0.422. The first kappa shape index (κ1) is 55.0. The zero-order valence-corrected chi connectivity index (χ0v) is 43.2. The summed E-state index contributed by atoms with van der Waals surface area (Å²) < 4.78 is 27.3. The maximum absolute atomic E-state index is 12.8. The number of hydrogen-bond acceptors (Lipinski definition) is 12. The number of carbonyl (C=O) groups excluding carboxylic acids is 1. The Labute approximate surface area is 413 Å². The Hall–Kier alpha value is -3.36. The average Bonchev–Trinajstić information content (AvgIpc) is 3.79. The fourth-order valence-electron chi connectivity index (χ4n) is 7.92. The van der Waals surface area contributed by atoms with Gasteiger partial charge in [-0.1, -0.05) is 41.2 Å². The molecule has 0 bridgehead atoms. The smallest absolute Gasteiger partial charge is 0.870 e. The molecular weight excluding hydrogens is 905 g/mol. The van der Waals surface area contributed by atoms with Gasteiger partial charge in [-0.25, -0.2) is 23.5 Å². The summed E-state index contributed by atoms with van der Waals surface area (Å²) in [7, 11) is 4.48. The van der Waals surface area contributed by atoms with Crippen LogP contribution in [0.15, 0.2) is 70.1 Å². The van der Waals surface area contributed by atoms with Crippen LogP contribution in [0.25, 0.3) is 11.4 Å². The Morgan fingerprint density at radius 1 is 0.766 bits per heavy atom. The number of thioether (sulfide) groups is 2. The van der Waals surface area contributed by atoms with Gasteiger partial charge >= 0.3 is 35.5 Å². The number of imidazole rings is 2. The molecule has 0 amide bonds. The fourth-order valence-corrected chi connectivity index (χ4v) is 10.4. The standard InChI is InChI=1S/C25H29ClN4O3S2.C18H23N3O2S.C2H6O.Na.H2O/c1-16-14-28-25(30(16)24-11-10-23(29(2)3)20-6-4-5-7-21(20)24)34-15-18(31)12-17-8-9-19(13-22(17)26)35(27,32)33;1-12-10-19-18(24-11-17(22)23)21(12)16-9-8-15(20(2)3)13-6-4-5-7-14(13)16;1-2-3;;/h8-11,13-14H,4-7,12,15H2,1-3H3,(H2,27,32,33);8-10H,4-7,11H2,1-3H3,(H,22,23);3H,2H2,1H3;;1H2/q;;;+1;/p-1. The molecule has 3 aromatic carbocycles. The Morgan fingerprint density at radius 3 is 1.58 bits per heavy atom. The van der Waals surface area contributed by atoms with Crippen molar-refractivity contribution in [1.82, 2.24) is 19.1 Å². The normalized spacial score (nSPS) is 12.8. The summed E-state index contributed by atoms with van der Waals surface area (Å²) in [6, 6.07) is 12.8. The van der Waals surface area contributed by atoms with Crippen LogP contribution in [0.4, 0.5) is 11.4 Å². The van der Waals surface area contributed by atoms with Crippen LogP contribution in [0, 0.1) is 13.8 Å². The summed E-state index contributed by atoms with van der Waals surface area (Å²) in [5.74, 6) is -0.606. The van der Waals surface area contributed by atoms with Crippen LogP contribution in [0.2, 0.25) is 5.02 Å². The zero-order valence-electron chi connectivity index (χ0n) is 38.0. The van der Waals surface area contributed by atoms with E-state index < -0.39 is 16.0 Å². The van der Waals surface area contributed by atoms with Gasteiger partial charge < -0.3 is 25.5 Å². The average molecular weight is 965 g/mol. The molecule has 5 N–H and O–H groups in total. The number of fused-ring (bicyclic) bond motifs is 2. The predicted octanol–water partition coefficient (Wildman–Crippen LogP) is 4.46. The number of carboxylic acid groups (broad SMARTS) is 1. The van der Waals surface area contributed by atoms with Crippen LogP contribution in [0.1, 0.15) is 71.8 Å². The maximum atomic E-state index is 12.8. The van der Waals surface area contributed by atoms with Crippen molar-refractivity contribution in [1.29, 1.82) is 0 Å². The van der Waals surface area contributed by atoms with Gasteiger partial charge in [-0.15, -0.1) is 0 Å². The number of aliphatic hydroxyl groups excluding tert-OH is 1. The molecule has 342 valence electrons. The first-order valence-corrected chi connectivity index (χ1v) is 24.5. The van der Waals surface area contributed by atoms with Crippen molar-refractivity contribution in [2.45, 2.75) is 93.8 Å². The van der Waals surface area contributed by atoms with Crippen LogP contribution in [0.3, 0.4) is 0 Å². The number of aromatic nitrogens is 4. The van der Waals surface area contributed by atoms with Crippen molar-refractivity contribution in [2.75, 3.05) is 56.1 Å². The zero-order chi connectivity index (χ0) is 45.3. The second kappa shape index (κ2) is 25.0. The molecule has 0 aliphatic heterocycles. The van der Waals surface area contributed by atoms with Crippen molar-refractivity contribution in [3.05, 3.63) is 99.1 Å². The van der Waals surface area contributed by atoms with Crippen LogP contribution in [-0.4, -0.2) is 101 Å². The molecule has 0 atom stereocenters. The van der Waals surface area contributed by atoms with Gasteiger partial charge in [-0.2, -0.15) is 0 Å². The number of anilines is 2. The van der Waals surface area contributed by atoms with Crippen LogP contribution in [-0.2, 0) is 51.7 Å². The van der Waals surface area contributed by atoms with Crippen molar-refractivity contribution in [2.24, 2.45) is 5.14 Å². The number of halogens is 1. The minimum absolute atomic E-state index is 0. The first-order chi connectivity index (χ1) is 29.5. The van der Waals surface area contributed by atoms with Gasteiger partial charge in [0.25, 0.3) is 0 Å². The number of aliphatic carboxylic acids is 1. The number of nitrogens with two attached hydrogens (primary N) is 1. The van der Waals surface area contributed by atoms with Crippen molar-refractivity contribution in [3.8, 4) is 11.4 Å². The van der Waals surface area contributed by atoms with Gasteiger partial charge in [-0.05, 0) is 136 Å². The molecule has 14 nitrogen and oxygen atoms in total. The Morgan fingerprint density at radius 2 is 1.19 bits per heavy atom. The monoisotopic (exact) mass is 963 g/mol. The Balaban J connectivity index is 0.000000329. The van der Waals surface area contributed by atoms with E-state index in [4.69, 9.17) is 27.0 Å². The van der Waals surface area contributed by atoms with Gasteiger partial charge in [-0.3, -0.25) is 18.7 Å². The summed E-state index contributed by atoms with van der Waals surface area (Å²) >= 11 is 8.88. The second-order valence-electron chi connectivity index (χ2n) is 15.7. The molecule has 0 spiro atoms. The molecule has 2 aliphatic carbocycles. The maximum Gasteiger partial charge on any atom is 1.00 e. The van der Waals surface area contributed by atoms with E-state index >= 15 is 0 Å². The number of primary sulfonamides is 1. The molecule has 0 fully saturated rings. The van der Waals surface area contributed by atoms with E-state index in [1.807, 2.05) is 26.2 Å². The van der Waals surface area contributed by atoms with Gasteiger partial charge in [0.1, 0.15) is 5.78 Å². The molecule has 2 aliphatic rings. The second-order valence-corrected chi connectivity index (χ2v) is 19.5. The summed E-state index contributed by atoms with van der Waals surface area (Å²) in [6.45, 7) is 5.98. The molecule has 0 unspecified atom stereocenters. The van der Waals surface area contributed by atoms with E-state index in [-0.39, 0.29) is 75.3 Å². The molecular formula is C45H59ClN7NaO7S3. The molecule has 0 saturated heterocycles. The Kier molecular flexibility index (Phi) is 21.4. The number of rotatable bonds is 13. The molecule has 5 aromatic rings. The summed E-state index contributed by atoms with van der Waals surface area (Å²) in [5.41, 5.74) is 13.0. The van der Waals surface area contributed by atoms with Gasteiger partial charge in [0.05, 0.1) is 27.8 Å². The number of carboxylic acids is 1. The van der Waals surface area contributed by atoms with Gasteiger partial charge in [0.2, 0.25) is 10.0 Å². The van der Waals surface area contributed by atoms with Crippen LogP contribution in [0.5, 0.6) is 0 Å². The molecule has 7 rings (SSSR count). The largest absolute Gasteiger partial charge is 1.00 e. The number of Topliss-reactive ketones (excluding diaryl/α,β-unsaturated/α-hetero) is 1. The number of sulfonamides is 1. The quantitative estimate of drug-likeness (QED) is 0.110. The number of carbonyl (C=O) groups is 2. The van der Waals surface area contributed by atoms with E-state index in [0.717, 1.165) is 65.2 Å². The van der Waals surface area contributed by atoms with E-state index in [9.17, 15) is 18.0 Å². The number of aryl methyl sites for hydroxylation is 2. The van der Waals surface area contributed by atoms with Gasteiger partial charge in [0.15, 0.2) is 10.3 Å². The first-order valence-electron chi connectivity index (χ1n) is 20.6. The third-order valence-corrected chi connectivity index (χ3v) is 13.9. The van der Waals surface area contributed by atoms with Crippen molar-refractivity contribution >= 4 is 68.3 Å². The molecule has 2 heterocycles. The third kappa shape index (κ3) is 13.6. The molecule has 2 aromatic heterocycles. The molecule has 64 heavy (non-hydrogen) atoms. The van der Waals surface area contributed by atoms with E-state index in [2.05, 4.69) is 81.4 Å². The summed E-state index contributed by atoms with van der Waals surface area (Å²) in [6.07, 6.45) is 12.8. The minimum Gasteiger partial charge on any atom is -0.870 e. The number of hydrogen-bond donors (Lipinski definition) is 3. The summed E-state index contributed by atoms with van der Waals surface area (Å²) in [5, 5.41) is 23.4. The molecule has 19 heteroatoms. The number of benzene rings is 3. The number of aliphatic hydroxyl groups is 1. The van der Waals surface area contributed by atoms with Crippen LogP contribution < -0.4 is 44.5 Å². The topological polar surface area (TPSA) is 207 Å². The van der Waals surface area contributed by atoms with E-state index in [0.29, 0.717) is 5.56 Å². The van der Waals surface area contributed by atoms with Crippen LogP contribution >= 0.6 is 35.1 Å². The number of ketones is 1. The molecule has 0 saturated carbocycles. The van der Waals surface area contributed by atoms with Crippen molar-refractivity contribution < 1.29 is 63.3 Å². The van der Waals surface area contributed by atoms with Gasteiger partial charge in [0, 0.05) is 81.4 Å². The predicted molar refractivity (Wildman–Crippen MR) is 254 cm³/mol. The van der Waals surface area contributed by atoms with Crippen molar-refractivity contribution in [3.63, 3.8) is 0 Å². The van der Waals surface area contributed by atoms with E-state index in [1.165, 1.54) is 94.6 Å². The van der Waals surface area contributed by atoms with E-state index in [1.54, 1.807) is 6.92 Å². The number of nitrogens with zero attached hydrogens (tertiary/aromatic N) is 6.